The molecule has 0 bridgehead atoms. The van der Waals surface area contributed by atoms with Crippen LogP contribution in [-0.2, 0) is 15.9 Å². The van der Waals surface area contributed by atoms with Gasteiger partial charge in [-0.3, -0.25) is 10.1 Å². The molecule has 0 spiro atoms. The van der Waals surface area contributed by atoms with E-state index in [0.717, 1.165) is 0 Å². The Balaban J connectivity index is 2.48. The highest BCUT2D eigenvalue weighted by Gasteiger charge is 2.49. The SMILES string of the molecule is COC(OC)C1(C)Oc2c(cccc2[N+](=O)[O-])CC1O. The van der Waals surface area contributed by atoms with Crippen molar-refractivity contribution in [2.45, 2.75) is 31.3 Å². The molecule has 7 nitrogen and oxygen atoms in total. The van der Waals surface area contributed by atoms with Crippen LogP contribution in [0.5, 0.6) is 5.75 Å². The van der Waals surface area contributed by atoms with Gasteiger partial charge in [-0.1, -0.05) is 12.1 Å². The summed E-state index contributed by atoms with van der Waals surface area (Å²) in [6, 6.07) is 4.63. The van der Waals surface area contributed by atoms with E-state index in [1.54, 1.807) is 19.1 Å². The van der Waals surface area contributed by atoms with Gasteiger partial charge in [0.15, 0.2) is 11.9 Å². The summed E-state index contributed by atoms with van der Waals surface area (Å²) in [4.78, 5) is 10.6. The lowest BCUT2D eigenvalue weighted by Crippen LogP contribution is -2.58. The number of methoxy groups -OCH3 is 2. The maximum absolute atomic E-state index is 11.1. The summed E-state index contributed by atoms with van der Waals surface area (Å²) in [5.74, 6) is 0.157. The van der Waals surface area contributed by atoms with Crippen LogP contribution < -0.4 is 4.74 Å². The van der Waals surface area contributed by atoms with Crippen LogP contribution in [-0.4, -0.2) is 42.2 Å². The minimum atomic E-state index is -1.22. The van der Waals surface area contributed by atoms with Gasteiger partial charge in [0.25, 0.3) is 0 Å². The lowest BCUT2D eigenvalue weighted by Gasteiger charge is -2.42. The number of hydrogen-bond acceptors (Lipinski definition) is 6. The number of aliphatic hydroxyl groups is 1. The molecule has 110 valence electrons. The number of ether oxygens (including phenoxy) is 3. The predicted octanol–water partition coefficient (Wildman–Crippen LogP) is 1.27. The van der Waals surface area contributed by atoms with E-state index in [0.29, 0.717) is 5.56 Å². The van der Waals surface area contributed by atoms with Crippen molar-refractivity contribution in [3.63, 3.8) is 0 Å². The molecule has 1 heterocycles. The topological polar surface area (TPSA) is 91.1 Å². The summed E-state index contributed by atoms with van der Waals surface area (Å²) in [5.41, 5.74) is -0.760. The Hall–Kier alpha value is -1.70. The Bertz CT molecular complexity index is 516. The lowest BCUT2D eigenvalue weighted by atomic mass is 9.88. The molecule has 1 N–H and O–H groups in total. The van der Waals surface area contributed by atoms with E-state index in [2.05, 4.69) is 0 Å². The van der Waals surface area contributed by atoms with Gasteiger partial charge in [-0.25, -0.2) is 0 Å². The normalized spacial score (nSPS) is 25.1. The summed E-state index contributed by atoms with van der Waals surface area (Å²) < 4.78 is 16.0. The van der Waals surface area contributed by atoms with Crippen LogP contribution in [0, 0.1) is 10.1 Å². The molecule has 0 radical (unpaired) electrons. The van der Waals surface area contributed by atoms with E-state index >= 15 is 0 Å². The van der Waals surface area contributed by atoms with Crippen molar-refractivity contribution in [2.24, 2.45) is 0 Å². The highest BCUT2D eigenvalue weighted by atomic mass is 16.7. The third kappa shape index (κ3) is 2.24. The Morgan fingerprint density at radius 2 is 2.15 bits per heavy atom. The molecule has 1 aromatic carbocycles. The van der Waals surface area contributed by atoms with Crippen molar-refractivity contribution in [2.75, 3.05) is 14.2 Å². The first-order valence-corrected chi connectivity index (χ1v) is 6.13. The third-order valence-electron chi connectivity index (χ3n) is 3.57. The summed E-state index contributed by atoms with van der Waals surface area (Å²) in [6.45, 7) is 1.61. The van der Waals surface area contributed by atoms with Gasteiger partial charge in [-0.15, -0.1) is 0 Å². The Kier molecular flexibility index (Phi) is 3.94. The number of nitro benzene ring substituents is 1. The molecule has 1 aliphatic rings. The van der Waals surface area contributed by atoms with Crippen molar-refractivity contribution < 1.29 is 24.2 Å². The van der Waals surface area contributed by atoms with Crippen LogP contribution in [0.2, 0.25) is 0 Å². The maximum atomic E-state index is 11.1. The molecule has 1 aromatic rings. The molecule has 0 aromatic heterocycles. The quantitative estimate of drug-likeness (QED) is 0.508. The average molecular weight is 283 g/mol. The third-order valence-corrected chi connectivity index (χ3v) is 3.57. The number of para-hydroxylation sites is 1. The first kappa shape index (κ1) is 14.7. The van der Waals surface area contributed by atoms with Gasteiger partial charge in [-0.2, -0.15) is 0 Å². The second-order valence-electron chi connectivity index (χ2n) is 4.83. The Labute approximate surface area is 116 Å². The molecule has 7 heteroatoms. The first-order chi connectivity index (χ1) is 9.43. The van der Waals surface area contributed by atoms with Crippen molar-refractivity contribution in [1.82, 2.24) is 0 Å². The second-order valence-corrected chi connectivity index (χ2v) is 4.83. The van der Waals surface area contributed by atoms with Gasteiger partial charge in [0.1, 0.15) is 6.10 Å². The molecule has 20 heavy (non-hydrogen) atoms. The first-order valence-electron chi connectivity index (χ1n) is 6.13. The molecule has 0 saturated heterocycles. The molecule has 0 fully saturated rings. The number of fused-ring (bicyclic) bond motifs is 1. The number of aliphatic hydroxyl groups excluding tert-OH is 1. The van der Waals surface area contributed by atoms with E-state index in [9.17, 15) is 15.2 Å². The van der Waals surface area contributed by atoms with Crippen LogP contribution in [0.1, 0.15) is 12.5 Å². The van der Waals surface area contributed by atoms with Gasteiger partial charge in [0.05, 0.1) is 4.92 Å². The monoisotopic (exact) mass is 283 g/mol. The number of hydrogen-bond donors (Lipinski definition) is 1. The van der Waals surface area contributed by atoms with Gasteiger partial charge in [-0.05, 0) is 6.92 Å². The fourth-order valence-electron chi connectivity index (χ4n) is 2.46. The van der Waals surface area contributed by atoms with E-state index in [1.807, 2.05) is 0 Å². The number of nitro groups is 1. The zero-order chi connectivity index (χ0) is 14.9. The Morgan fingerprint density at radius 3 is 2.70 bits per heavy atom. The number of nitrogens with zero attached hydrogens (tertiary/aromatic N) is 1. The molecule has 2 rings (SSSR count). The van der Waals surface area contributed by atoms with Crippen LogP contribution in [0.15, 0.2) is 18.2 Å². The highest BCUT2D eigenvalue weighted by molar-refractivity contribution is 5.53. The second kappa shape index (κ2) is 5.35. The molecular weight excluding hydrogens is 266 g/mol. The van der Waals surface area contributed by atoms with Crippen molar-refractivity contribution in [3.05, 3.63) is 33.9 Å². The summed E-state index contributed by atoms with van der Waals surface area (Å²) in [7, 11) is 2.84. The maximum Gasteiger partial charge on any atom is 0.311 e. The zero-order valence-corrected chi connectivity index (χ0v) is 11.5. The van der Waals surface area contributed by atoms with Crippen molar-refractivity contribution in [1.29, 1.82) is 0 Å². The van der Waals surface area contributed by atoms with Gasteiger partial charge in [0, 0.05) is 32.3 Å². The number of rotatable bonds is 4. The van der Waals surface area contributed by atoms with Gasteiger partial charge < -0.3 is 19.3 Å². The predicted molar refractivity (Wildman–Crippen MR) is 69.6 cm³/mol. The van der Waals surface area contributed by atoms with Crippen LogP contribution in [0.4, 0.5) is 5.69 Å². The summed E-state index contributed by atoms with van der Waals surface area (Å²) in [6.07, 6.45) is -1.51. The largest absolute Gasteiger partial charge is 0.472 e. The molecule has 0 aliphatic carbocycles. The summed E-state index contributed by atoms with van der Waals surface area (Å²) >= 11 is 0. The van der Waals surface area contributed by atoms with Crippen molar-refractivity contribution >= 4 is 5.69 Å². The zero-order valence-electron chi connectivity index (χ0n) is 11.5. The summed E-state index contributed by atoms with van der Waals surface area (Å²) in [5, 5.41) is 21.4. The van der Waals surface area contributed by atoms with Crippen LogP contribution >= 0.6 is 0 Å². The fraction of sp³-hybridized carbons (Fsp3) is 0.538. The number of benzene rings is 1. The lowest BCUT2D eigenvalue weighted by molar-refractivity contribution is -0.387. The van der Waals surface area contributed by atoms with Crippen LogP contribution in [0.3, 0.4) is 0 Å². The van der Waals surface area contributed by atoms with Crippen molar-refractivity contribution in [3.8, 4) is 5.75 Å². The molecule has 0 amide bonds. The van der Waals surface area contributed by atoms with Crippen LogP contribution in [0.25, 0.3) is 0 Å². The molecule has 2 unspecified atom stereocenters. The minimum Gasteiger partial charge on any atom is -0.472 e. The minimum absolute atomic E-state index is 0.133. The van der Waals surface area contributed by atoms with E-state index in [1.165, 1.54) is 20.3 Å². The molecule has 1 aliphatic heterocycles. The van der Waals surface area contributed by atoms with E-state index in [4.69, 9.17) is 14.2 Å². The van der Waals surface area contributed by atoms with Gasteiger partial charge in [0.2, 0.25) is 5.75 Å². The fourth-order valence-corrected chi connectivity index (χ4v) is 2.46. The highest BCUT2D eigenvalue weighted by Crippen LogP contribution is 2.41. The standard InChI is InChI=1S/C13H17NO6/c1-13(12(18-2)19-3)10(15)7-8-5-4-6-9(14(16)17)11(8)20-13/h4-6,10,12,15H,7H2,1-3H3. The molecule has 0 saturated carbocycles. The van der Waals surface area contributed by atoms with Gasteiger partial charge >= 0.3 is 5.69 Å². The smallest absolute Gasteiger partial charge is 0.311 e. The molecular formula is C13H17NO6. The molecule has 2 atom stereocenters. The Morgan fingerprint density at radius 1 is 1.50 bits per heavy atom. The van der Waals surface area contributed by atoms with E-state index < -0.39 is 22.9 Å². The average Bonchev–Trinajstić information content (AvgIpc) is 2.40. The van der Waals surface area contributed by atoms with E-state index in [-0.39, 0.29) is 17.9 Å².